The second-order valence-corrected chi connectivity index (χ2v) is 6.60. The molecule has 1 fully saturated rings. The van der Waals surface area contributed by atoms with Crippen LogP contribution < -0.4 is 10.0 Å². The van der Waals surface area contributed by atoms with Crippen molar-refractivity contribution in [3.05, 3.63) is 29.0 Å². The zero-order valence-corrected chi connectivity index (χ0v) is 11.4. The van der Waals surface area contributed by atoms with E-state index in [1.165, 1.54) is 17.0 Å². The van der Waals surface area contributed by atoms with Gasteiger partial charge in [0.1, 0.15) is 5.82 Å². The van der Waals surface area contributed by atoms with Gasteiger partial charge in [0.15, 0.2) is 0 Å². The number of hydrogen-bond acceptors (Lipinski definition) is 3. The van der Waals surface area contributed by atoms with E-state index in [4.69, 9.17) is 16.7 Å². The molecule has 0 spiro atoms. The molecule has 19 heavy (non-hydrogen) atoms. The second kappa shape index (κ2) is 5.07. The number of anilines is 1. The zero-order chi connectivity index (χ0) is 14.2. The largest absolute Gasteiger partial charge is 0.309 e. The van der Waals surface area contributed by atoms with Crippen molar-refractivity contribution in [1.82, 2.24) is 0 Å². The number of carbonyl (C=O) groups is 1. The van der Waals surface area contributed by atoms with Crippen molar-refractivity contribution in [2.45, 2.75) is 6.42 Å². The summed E-state index contributed by atoms with van der Waals surface area (Å²) in [6, 6.07) is 3.98. The van der Waals surface area contributed by atoms with Gasteiger partial charge in [-0.2, -0.15) is 0 Å². The van der Waals surface area contributed by atoms with E-state index in [2.05, 4.69) is 0 Å². The lowest BCUT2D eigenvalue weighted by atomic mass is 10.1. The highest BCUT2D eigenvalue weighted by molar-refractivity contribution is 7.89. The zero-order valence-electron chi connectivity index (χ0n) is 9.84. The van der Waals surface area contributed by atoms with Crippen LogP contribution in [-0.4, -0.2) is 26.6 Å². The number of carbonyl (C=O) groups excluding carboxylic acids is 1. The Balaban J connectivity index is 2.20. The fourth-order valence-electron chi connectivity index (χ4n) is 2.15. The van der Waals surface area contributed by atoms with E-state index >= 15 is 0 Å². The van der Waals surface area contributed by atoms with Crippen LogP contribution in [0.2, 0.25) is 5.02 Å². The quantitative estimate of drug-likeness (QED) is 0.908. The van der Waals surface area contributed by atoms with Crippen LogP contribution in [0.1, 0.15) is 6.42 Å². The molecule has 1 aromatic rings. The lowest BCUT2D eigenvalue weighted by Crippen LogP contribution is -2.28. The number of primary sulfonamides is 1. The van der Waals surface area contributed by atoms with Crippen molar-refractivity contribution in [3.8, 4) is 0 Å². The first-order chi connectivity index (χ1) is 8.76. The molecule has 0 radical (unpaired) electrons. The molecule has 104 valence electrons. The summed E-state index contributed by atoms with van der Waals surface area (Å²) in [5.41, 5.74) is 0.103. The number of nitrogens with zero attached hydrogens (tertiary/aromatic N) is 1. The van der Waals surface area contributed by atoms with E-state index in [0.29, 0.717) is 0 Å². The van der Waals surface area contributed by atoms with Gasteiger partial charge in [0.25, 0.3) is 0 Å². The summed E-state index contributed by atoms with van der Waals surface area (Å²) in [6.45, 7) is 0.133. The van der Waals surface area contributed by atoms with Crippen molar-refractivity contribution in [2.75, 3.05) is 17.2 Å². The Morgan fingerprint density at radius 3 is 2.74 bits per heavy atom. The van der Waals surface area contributed by atoms with E-state index in [-0.39, 0.29) is 35.3 Å². The average molecular weight is 307 g/mol. The summed E-state index contributed by atoms with van der Waals surface area (Å²) in [6.07, 6.45) is 0.0402. The SMILES string of the molecule is NS(=O)(=O)CC1CC(=O)N(c2ccc(Cl)cc2F)C1. The van der Waals surface area contributed by atoms with Gasteiger partial charge in [-0.25, -0.2) is 17.9 Å². The molecule has 0 saturated carbocycles. The smallest absolute Gasteiger partial charge is 0.227 e. The first-order valence-electron chi connectivity index (χ1n) is 5.52. The minimum Gasteiger partial charge on any atom is -0.309 e. The predicted molar refractivity (Wildman–Crippen MR) is 69.8 cm³/mol. The number of hydrogen-bond donors (Lipinski definition) is 1. The molecule has 1 amide bonds. The van der Waals surface area contributed by atoms with E-state index in [1.807, 2.05) is 0 Å². The average Bonchev–Trinajstić information content (AvgIpc) is 2.56. The lowest BCUT2D eigenvalue weighted by molar-refractivity contribution is -0.117. The van der Waals surface area contributed by atoms with E-state index in [9.17, 15) is 17.6 Å². The highest BCUT2D eigenvalue weighted by atomic mass is 35.5. The number of rotatable bonds is 3. The van der Waals surface area contributed by atoms with Crippen molar-refractivity contribution < 1.29 is 17.6 Å². The normalized spacial score (nSPS) is 20.1. The third kappa shape index (κ3) is 3.43. The van der Waals surface area contributed by atoms with Gasteiger partial charge in [-0.3, -0.25) is 4.79 Å². The van der Waals surface area contributed by atoms with Crippen LogP contribution in [0.15, 0.2) is 18.2 Å². The van der Waals surface area contributed by atoms with E-state index in [1.54, 1.807) is 0 Å². The molecule has 0 aromatic heterocycles. The Morgan fingerprint density at radius 2 is 2.16 bits per heavy atom. The summed E-state index contributed by atoms with van der Waals surface area (Å²) in [7, 11) is -3.65. The summed E-state index contributed by atoms with van der Waals surface area (Å²) in [5, 5.41) is 5.18. The molecule has 0 bridgehead atoms. The molecule has 1 saturated heterocycles. The Bertz CT molecular complexity index is 620. The molecule has 8 heteroatoms. The van der Waals surface area contributed by atoms with E-state index in [0.717, 1.165) is 6.07 Å². The van der Waals surface area contributed by atoms with Crippen molar-refractivity contribution in [2.24, 2.45) is 11.1 Å². The molecule has 2 N–H and O–H groups in total. The van der Waals surface area contributed by atoms with Crippen LogP contribution in [0.25, 0.3) is 0 Å². The molecule has 1 heterocycles. The number of nitrogens with two attached hydrogens (primary N) is 1. The van der Waals surface area contributed by atoms with Gasteiger partial charge < -0.3 is 4.90 Å². The number of benzene rings is 1. The third-order valence-electron chi connectivity index (χ3n) is 2.87. The number of amides is 1. The molecule has 1 aliphatic rings. The van der Waals surface area contributed by atoms with Gasteiger partial charge >= 0.3 is 0 Å². The molecular formula is C11H12ClFN2O3S. The van der Waals surface area contributed by atoms with Gasteiger partial charge in [0, 0.05) is 23.9 Å². The Kier molecular flexibility index (Phi) is 3.80. The maximum absolute atomic E-state index is 13.7. The topological polar surface area (TPSA) is 80.5 Å². The third-order valence-corrected chi connectivity index (χ3v) is 4.04. The minimum absolute atomic E-state index is 0.0402. The first-order valence-corrected chi connectivity index (χ1v) is 7.61. The summed E-state index contributed by atoms with van der Waals surface area (Å²) in [4.78, 5) is 13.0. The summed E-state index contributed by atoms with van der Waals surface area (Å²) in [5.74, 6) is -1.64. The maximum atomic E-state index is 13.7. The molecule has 1 aliphatic heterocycles. The number of halogens is 2. The molecule has 1 aromatic carbocycles. The first kappa shape index (κ1) is 14.2. The lowest BCUT2D eigenvalue weighted by Gasteiger charge is -2.17. The maximum Gasteiger partial charge on any atom is 0.227 e. The van der Waals surface area contributed by atoms with Gasteiger partial charge in [0.2, 0.25) is 15.9 Å². The van der Waals surface area contributed by atoms with Crippen LogP contribution in [-0.2, 0) is 14.8 Å². The Hall–Kier alpha value is -1.18. The molecule has 1 unspecified atom stereocenters. The van der Waals surface area contributed by atoms with Gasteiger partial charge in [-0.1, -0.05) is 11.6 Å². The Labute approximate surface area is 115 Å². The minimum atomic E-state index is -3.65. The van der Waals surface area contributed by atoms with E-state index < -0.39 is 21.8 Å². The van der Waals surface area contributed by atoms with Crippen LogP contribution in [0.3, 0.4) is 0 Å². The monoisotopic (exact) mass is 306 g/mol. The van der Waals surface area contributed by atoms with Crippen LogP contribution in [0.5, 0.6) is 0 Å². The molecular weight excluding hydrogens is 295 g/mol. The van der Waals surface area contributed by atoms with Crippen LogP contribution in [0, 0.1) is 11.7 Å². The van der Waals surface area contributed by atoms with Crippen LogP contribution >= 0.6 is 11.6 Å². The summed E-state index contributed by atoms with van der Waals surface area (Å²) < 4.78 is 35.7. The fraction of sp³-hybridized carbons (Fsp3) is 0.364. The second-order valence-electron chi connectivity index (χ2n) is 4.50. The molecule has 1 atom stereocenters. The predicted octanol–water partition coefficient (Wildman–Crippen LogP) is 1.12. The Morgan fingerprint density at radius 1 is 1.47 bits per heavy atom. The number of sulfonamides is 1. The van der Waals surface area contributed by atoms with Gasteiger partial charge in [0.05, 0.1) is 11.4 Å². The molecule has 2 rings (SSSR count). The molecule has 5 nitrogen and oxygen atoms in total. The molecule has 0 aliphatic carbocycles. The highest BCUT2D eigenvalue weighted by Gasteiger charge is 2.33. The van der Waals surface area contributed by atoms with Crippen molar-refractivity contribution in [1.29, 1.82) is 0 Å². The summed E-state index contributed by atoms with van der Waals surface area (Å²) >= 11 is 5.64. The standard InChI is InChI=1S/C11H12ClFN2O3S/c12-8-1-2-10(9(13)4-8)15-5-7(3-11(15)16)6-19(14,17)18/h1-2,4,7H,3,5-6H2,(H2,14,17,18). The van der Waals surface area contributed by atoms with Gasteiger partial charge in [-0.05, 0) is 18.2 Å². The van der Waals surface area contributed by atoms with Crippen molar-refractivity contribution in [3.63, 3.8) is 0 Å². The van der Waals surface area contributed by atoms with Crippen LogP contribution in [0.4, 0.5) is 10.1 Å². The fourth-order valence-corrected chi connectivity index (χ4v) is 3.19. The van der Waals surface area contributed by atoms with Gasteiger partial charge in [-0.15, -0.1) is 0 Å². The highest BCUT2D eigenvalue weighted by Crippen LogP contribution is 2.29. The van der Waals surface area contributed by atoms with Crippen molar-refractivity contribution >= 4 is 33.2 Å².